The van der Waals surface area contributed by atoms with Crippen LogP contribution in [-0.4, -0.2) is 239 Å². The van der Waals surface area contributed by atoms with Crippen molar-refractivity contribution < 1.29 is 48.9 Å². The van der Waals surface area contributed by atoms with Crippen molar-refractivity contribution in [1.82, 2.24) is 54.9 Å². The fourth-order valence-corrected chi connectivity index (χ4v) is 8.27. The molecule has 21 nitrogen and oxygen atoms in total. The summed E-state index contributed by atoms with van der Waals surface area (Å²) < 4.78 is 0. The summed E-state index contributed by atoms with van der Waals surface area (Å²) in [6, 6.07) is 10.6. The van der Waals surface area contributed by atoms with E-state index in [9.17, 15) is 48.9 Å². The van der Waals surface area contributed by atoms with Crippen LogP contribution in [0.1, 0.15) is 33.7 Å². The van der Waals surface area contributed by atoms with Crippen molar-refractivity contribution in [2.24, 2.45) is 0 Å². The van der Waals surface area contributed by atoms with Gasteiger partial charge >= 0.3 is 17.9 Å². The smallest absolute Gasteiger partial charge is 0.317 e. The van der Waals surface area contributed by atoms with Gasteiger partial charge in [-0.15, -0.1) is 0 Å². The molecule has 6 rings (SSSR count). The number of nitrogens with zero attached hydrogens (tertiary/aromatic N) is 9. The second kappa shape index (κ2) is 23.7. The maximum atomic E-state index is 13.6. The van der Waals surface area contributed by atoms with Gasteiger partial charge in [0.2, 0.25) is 11.8 Å². The number of likely N-dealkylation sites (tertiary alicyclic amines) is 1. The van der Waals surface area contributed by atoms with Crippen molar-refractivity contribution in [2.75, 3.05) is 137 Å². The molecule has 0 atom stereocenters. The molecule has 4 amide bonds. The van der Waals surface area contributed by atoms with Crippen LogP contribution in [0, 0.1) is 0 Å². The number of piperazine rings is 1. The minimum absolute atomic E-state index is 0.0741. The topological polar surface area (TPSA) is 253 Å². The molecule has 0 unspecified atom stereocenters. The average Bonchev–Trinajstić information content (AvgIpc) is 3.84. The number of aliphatic carboxylic acids is 3. The molecule has 2 aromatic heterocycles. The molecule has 3 aromatic rings. The lowest BCUT2D eigenvalue weighted by molar-refractivity contribution is -0.141. The number of carbonyl (C=O) groups is 7. The molecule has 0 saturated carbocycles. The van der Waals surface area contributed by atoms with E-state index in [2.05, 4.69) is 25.5 Å². The Balaban J connectivity index is 0.960. The van der Waals surface area contributed by atoms with E-state index in [0.717, 1.165) is 24.0 Å². The first-order chi connectivity index (χ1) is 31.3. The van der Waals surface area contributed by atoms with E-state index in [4.69, 9.17) is 0 Å². The first kappa shape index (κ1) is 48.3. The fraction of sp³-hybridized carbons (Fsp3) is 0.523. The number of pyridine rings is 2. The molecule has 0 spiro atoms. The summed E-state index contributed by atoms with van der Waals surface area (Å²) >= 11 is 0. The monoisotopic (exact) mass is 901 g/mol. The minimum Gasteiger partial charge on any atom is -0.480 e. The standard InChI is InChI=1S/C44H59N11O10/c56-38(54-10-1-2-11-54)27-48-43(64)34-7-8-45-36-5-3-32(25-35(34)36)33-4-6-37(47-26-33)44(65)46-9-12-49-21-23-55(24-22-49)39(57)28-50-13-15-51(29-40(58)59)17-19-53(31-42(62)63)20-18-52(16-14-50)30-41(60)61/h3-8,25-26H,1-2,9-24,27-31H2,(H,46,65)(H,48,64)(H,58,59)(H,60,61)(H,62,63). The quantitative estimate of drug-likeness (QED) is 0.116. The fourth-order valence-electron chi connectivity index (χ4n) is 8.27. The predicted molar refractivity (Wildman–Crippen MR) is 237 cm³/mol. The van der Waals surface area contributed by atoms with Gasteiger partial charge in [0.05, 0.1) is 43.8 Å². The number of carbonyl (C=O) groups excluding carboxylic acids is 4. The normalized spacial score (nSPS) is 17.8. The Morgan fingerprint density at radius 1 is 0.523 bits per heavy atom. The number of aromatic nitrogens is 2. The second-order valence-corrected chi connectivity index (χ2v) is 16.6. The highest BCUT2D eigenvalue weighted by atomic mass is 16.4. The number of rotatable bonds is 16. The molecule has 65 heavy (non-hydrogen) atoms. The van der Waals surface area contributed by atoms with E-state index in [-0.39, 0.29) is 62.0 Å². The van der Waals surface area contributed by atoms with Gasteiger partial charge < -0.3 is 35.8 Å². The van der Waals surface area contributed by atoms with Crippen LogP contribution in [0.5, 0.6) is 0 Å². The second-order valence-electron chi connectivity index (χ2n) is 16.6. The van der Waals surface area contributed by atoms with Crippen molar-refractivity contribution >= 4 is 52.4 Å². The average molecular weight is 902 g/mol. The number of carboxylic acid groups (broad SMARTS) is 3. The van der Waals surface area contributed by atoms with Gasteiger partial charge in [0.1, 0.15) is 5.69 Å². The summed E-state index contributed by atoms with van der Waals surface area (Å²) in [6.45, 7) is 6.35. The summed E-state index contributed by atoms with van der Waals surface area (Å²) in [4.78, 5) is 109. The third-order valence-corrected chi connectivity index (χ3v) is 12.0. The molecular formula is C44H59N11O10. The molecule has 5 heterocycles. The van der Waals surface area contributed by atoms with Crippen LogP contribution in [0.4, 0.5) is 0 Å². The zero-order valence-corrected chi connectivity index (χ0v) is 36.6. The van der Waals surface area contributed by atoms with Crippen molar-refractivity contribution in [1.29, 1.82) is 0 Å². The van der Waals surface area contributed by atoms with E-state index in [1.165, 1.54) is 0 Å². The highest BCUT2D eigenvalue weighted by Crippen LogP contribution is 2.26. The zero-order chi connectivity index (χ0) is 46.3. The lowest BCUT2D eigenvalue weighted by Gasteiger charge is -2.37. The first-order valence-electron chi connectivity index (χ1n) is 22.1. The number of benzene rings is 1. The number of hydrogen-bond acceptors (Lipinski definition) is 14. The molecule has 1 aromatic carbocycles. The largest absolute Gasteiger partial charge is 0.480 e. The van der Waals surface area contributed by atoms with Crippen LogP contribution in [-0.2, 0) is 24.0 Å². The van der Waals surface area contributed by atoms with Crippen LogP contribution < -0.4 is 10.6 Å². The van der Waals surface area contributed by atoms with Gasteiger partial charge in [-0.2, -0.15) is 0 Å². The van der Waals surface area contributed by atoms with Gasteiger partial charge in [-0.1, -0.05) is 12.1 Å². The van der Waals surface area contributed by atoms with Gasteiger partial charge in [0, 0.05) is 128 Å². The van der Waals surface area contributed by atoms with Crippen LogP contribution in [0.3, 0.4) is 0 Å². The van der Waals surface area contributed by atoms with Gasteiger partial charge in [-0.05, 0) is 42.7 Å². The summed E-state index contributed by atoms with van der Waals surface area (Å²) in [7, 11) is 0. The lowest BCUT2D eigenvalue weighted by atomic mass is 10.0. The van der Waals surface area contributed by atoms with Crippen molar-refractivity contribution in [3.8, 4) is 11.1 Å². The summed E-state index contributed by atoms with van der Waals surface area (Å²) in [5.41, 5.74) is 2.79. The molecule has 3 aliphatic heterocycles. The zero-order valence-electron chi connectivity index (χ0n) is 36.6. The van der Waals surface area contributed by atoms with E-state index in [1.807, 2.05) is 23.1 Å². The number of fused-ring (bicyclic) bond motifs is 1. The molecule has 0 aliphatic carbocycles. The number of hydrogen-bond donors (Lipinski definition) is 5. The Morgan fingerprint density at radius 3 is 1.58 bits per heavy atom. The van der Waals surface area contributed by atoms with Crippen molar-refractivity contribution in [2.45, 2.75) is 12.8 Å². The Kier molecular flexibility index (Phi) is 17.6. The summed E-state index contributed by atoms with van der Waals surface area (Å²) in [6.07, 6.45) is 5.10. The predicted octanol–water partition coefficient (Wildman–Crippen LogP) is -1.00. The maximum absolute atomic E-state index is 13.6. The van der Waals surface area contributed by atoms with Crippen molar-refractivity contribution in [3.05, 3.63) is 60.0 Å². The van der Waals surface area contributed by atoms with E-state index in [0.29, 0.717) is 121 Å². The van der Waals surface area contributed by atoms with E-state index in [1.54, 1.807) is 55.1 Å². The van der Waals surface area contributed by atoms with Gasteiger partial charge in [-0.3, -0.25) is 68.0 Å². The highest BCUT2D eigenvalue weighted by molar-refractivity contribution is 6.07. The molecule has 21 heteroatoms. The van der Waals surface area contributed by atoms with E-state index < -0.39 is 17.9 Å². The molecule has 0 radical (unpaired) electrons. The minimum atomic E-state index is -1.03. The lowest BCUT2D eigenvalue weighted by Crippen LogP contribution is -2.53. The third-order valence-electron chi connectivity index (χ3n) is 12.0. The van der Waals surface area contributed by atoms with Gasteiger partial charge in [-0.25, -0.2) is 0 Å². The van der Waals surface area contributed by atoms with Gasteiger partial charge in [0.15, 0.2) is 0 Å². The van der Waals surface area contributed by atoms with Gasteiger partial charge in [0.25, 0.3) is 11.8 Å². The maximum Gasteiger partial charge on any atom is 0.317 e. The Morgan fingerprint density at radius 2 is 1.05 bits per heavy atom. The SMILES string of the molecule is O=C(O)CN1CCN(CC(=O)O)CCN(CC(=O)N2CCN(CCNC(=O)c3ccc(-c4ccc5nccc(C(=O)NCC(=O)N6CCCC6)c5c4)cn3)CC2)CCN(CC(=O)O)CC1. The Labute approximate surface area is 376 Å². The van der Waals surface area contributed by atoms with E-state index >= 15 is 0 Å². The molecule has 350 valence electrons. The molecular weight excluding hydrogens is 843 g/mol. The molecule has 3 fully saturated rings. The Bertz CT molecular complexity index is 2130. The molecule has 0 bridgehead atoms. The molecule has 3 aliphatic rings. The summed E-state index contributed by atoms with van der Waals surface area (Å²) in [5, 5.41) is 34.7. The van der Waals surface area contributed by atoms with Crippen LogP contribution in [0.15, 0.2) is 48.8 Å². The third kappa shape index (κ3) is 14.7. The van der Waals surface area contributed by atoms with Crippen LogP contribution in [0.25, 0.3) is 22.0 Å². The number of carboxylic acids is 3. The molecule has 5 N–H and O–H groups in total. The molecule has 3 saturated heterocycles. The summed E-state index contributed by atoms with van der Waals surface area (Å²) in [5.74, 6) is -3.94. The number of nitrogens with one attached hydrogen (secondary N) is 2. The highest BCUT2D eigenvalue weighted by Gasteiger charge is 2.26. The first-order valence-corrected chi connectivity index (χ1v) is 22.1. The van der Waals surface area contributed by atoms with Crippen LogP contribution >= 0.6 is 0 Å². The van der Waals surface area contributed by atoms with Crippen LogP contribution in [0.2, 0.25) is 0 Å². The Hall–Kier alpha value is -6.13. The van der Waals surface area contributed by atoms with Crippen molar-refractivity contribution in [3.63, 3.8) is 0 Å². The number of amides is 4.